The van der Waals surface area contributed by atoms with Gasteiger partial charge in [-0.3, -0.25) is 0 Å². The molecule has 1 aromatic rings. The number of nitrogens with one attached hydrogen (secondary N) is 1. The summed E-state index contributed by atoms with van der Waals surface area (Å²) in [6.45, 7) is 8.54. The lowest BCUT2D eigenvalue weighted by atomic mass is 9.97. The fourth-order valence-electron chi connectivity index (χ4n) is 2.53. The molecule has 0 amide bonds. The molecule has 0 fully saturated rings. The Labute approximate surface area is 106 Å². The van der Waals surface area contributed by atoms with Gasteiger partial charge in [0.25, 0.3) is 0 Å². The molecule has 98 valence electrons. The zero-order valence-electron chi connectivity index (χ0n) is 12.0. The molecule has 0 aromatic carbocycles. The molecule has 1 heterocycles. The summed E-state index contributed by atoms with van der Waals surface area (Å²) in [4.78, 5) is 0. The molecule has 2 nitrogen and oxygen atoms in total. The van der Waals surface area contributed by atoms with Gasteiger partial charge in [-0.15, -0.1) is 0 Å². The van der Waals surface area contributed by atoms with Crippen molar-refractivity contribution in [2.75, 3.05) is 7.05 Å². The highest BCUT2D eigenvalue weighted by Crippen LogP contribution is 2.30. The first-order valence-corrected chi connectivity index (χ1v) is 6.85. The minimum Gasteiger partial charge on any atom is -0.466 e. The second-order valence-corrected chi connectivity index (χ2v) is 4.94. The van der Waals surface area contributed by atoms with Crippen molar-refractivity contribution in [3.05, 3.63) is 22.6 Å². The van der Waals surface area contributed by atoms with E-state index in [1.165, 1.54) is 43.2 Å². The van der Waals surface area contributed by atoms with Crippen molar-refractivity contribution in [1.82, 2.24) is 5.32 Å². The molecule has 1 aromatic heterocycles. The maximum atomic E-state index is 5.72. The molecular formula is C15H27NO. The van der Waals surface area contributed by atoms with Crippen molar-refractivity contribution >= 4 is 0 Å². The first kappa shape index (κ1) is 14.3. The molecular weight excluding hydrogens is 210 g/mol. The van der Waals surface area contributed by atoms with E-state index in [1.807, 2.05) is 7.05 Å². The Hall–Kier alpha value is -0.760. The van der Waals surface area contributed by atoms with Crippen LogP contribution in [0, 0.1) is 20.8 Å². The van der Waals surface area contributed by atoms with Crippen LogP contribution in [0.2, 0.25) is 0 Å². The number of hydrogen-bond acceptors (Lipinski definition) is 2. The zero-order chi connectivity index (χ0) is 12.8. The van der Waals surface area contributed by atoms with Gasteiger partial charge in [-0.1, -0.05) is 32.6 Å². The van der Waals surface area contributed by atoms with Crippen LogP contribution in [0.25, 0.3) is 0 Å². The van der Waals surface area contributed by atoms with Gasteiger partial charge in [0.2, 0.25) is 0 Å². The molecule has 1 rings (SSSR count). The standard InChI is InChI=1S/C15H27NO/c1-6-7-8-9-10-14(16-5)15-11(2)12(3)17-13(15)4/h14,16H,6-10H2,1-5H3. The molecule has 1 unspecified atom stereocenters. The van der Waals surface area contributed by atoms with Crippen LogP contribution in [-0.2, 0) is 0 Å². The van der Waals surface area contributed by atoms with Gasteiger partial charge in [0.1, 0.15) is 11.5 Å². The van der Waals surface area contributed by atoms with E-state index in [0.29, 0.717) is 6.04 Å². The summed E-state index contributed by atoms with van der Waals surface area (Å²) in [5.41, 5.74) is 2.69. The first-order chi connectivity index (χ1) is 8.11. The second kappa shape index (κ2) is 6.85. The topological polar surface area (TPSA) is 25.2 Å². The van der Waals surface area contributed by atoms with E-state index in [1.54, 1.807) is 0 Å². The van der Waals surface area contributed by atoms with Crippen molar-refractivity contribution in [3.8, 4) is 0 Å². The molecule has 0 spiro atoms. The van der Waals surface area contributed by atoms with E-state index >= 15 is 0 Å². The Morgan fingerprint density at radius 2 is 1.76 bits per heavy atom. The summed E-state index contributed by atoms with van der Waals surface area (Å²) < 4.78 is 5.72. The third-order valence-electron chi connectivity index (χ3n) is 3.66. The SMILES string of the molecule is CCCCCCC(NC)c1c(C)oc(C)c1C. The maximum absolute atomic E-state index is 5.72. The predicted octanol–water partition coefficient (Wildman–Crippen LogP) is 4.44. The van der Waals surface area contributed by atoms with Crippen LogP contribution < -0.4 is 5.32 Å². The molecule has 1 atom stereocenters. The van der Waals surface area contributed by atoms with Gasteiger partial charge in [0.15, 0.2) is 0 Å². The lowest BCUT2D eigenvalue weighted by Crippen LogP contribution is -2.17. The van der Waals surface area contributed by atoms with Crippen LogP contribution in [0.1, 0.15) is 67.7 Å². The lowest BCUT2D eigenvalue weighted by Gasteiger charge is -2.16. The number of hydrogen-bond donors (Lipinski definition) is 1. The number of furan rings is 1. The Morgan fingerprint density at radius 3 is 2.24 bits per heavy atom. The average Bonchev–Trinajstić information content (AvgIpc) is 2.55. The predicted molar refractivity (Wildman–Crippen MR) is 73.5 cm³/mol. The first-order valence-electron chi connectivity index (χ1n) is 6.85. The minimum absolute atomic E-state index is 0.448. The van der Waals surface area contributed by atoms with E-state index in [-0.39, 0.29) is 0 Å². The van der Waals surface area contributed by atoms with Crippen LogP contribution in [0.5, 0.6) is 0 Å². The highest BCUT2D eigenvalue weighted by molar-refractivity contribution is 5.34. The largest absolute Gasteiger partial charge is 0.466 e. The van der Waals surface area contributed by atoms with E-state index in [0.717, 1.165) is 11.5 Å². The third kappa shape index (κ3) is 3.60. The molecule has 0 saturated heterocycles. The zero-order valence-corrected chi connectivity index (χ0v) is 12.0. The minimum atomic E-state index is 0.448. The molecule has 2 heteroatoms. The van der Waals surface area contributed by atoms with Crippen molar-refractivity contribution in [2.45, 2.75) is 65.8 Å². The van der Waals surface area contributed by atoms with Crippen LogP contribution in [-0.4, -0.2) is 7.05 Å². The normalized spacial score (nSPS) is 13.0. The summed E-state index contributed by atoms with van der Waals surface area (Å²) in [6.07, 6.45) is 6.48. The fraction of sp³-hybridized carbons (Fsp3) is 0.733. The summed E-state index contributed by atoms with van der Waals surface area (Å²) >= 11 is 0. The Balaban J connectivity index is 2.66. The van der Waals surface area contributed by atoms with Gasteiger partial charge in [-0.05, 0) is 39.8 Å². The van der Waals surface area contributed by atoms with Gasteiger partial charge in [0.05, 0.1) is 0 Å². The smallest absolute Gasteiger partial charge is 0.106 e. The highest BCUT2D eigenvalue weighted by Gasteiger charge is 2.19. The quantitative estimate of drug-likeness (QED) is 0.709. The number of aryl methyl sites for hydroxylation is 2. The van der Waals surface area contributed by atoms with Gasteiger partial charge in [-0.25, -0.2) is 0 Å². The Morgan fingerprint density at radius 1 is 1.06 bits per heavy atom. The summed E-state index contributed by atoms with van der Waals surface area (Å²) in [5, 5.41) is 3.43. The summed E-state index contributed by atoms with van der Waals surface area (Å²) in [6, 6.07) is 0.448. The highest BCUT2D eigenvalue weighted by atomic mass is 16.3. The van der Waals surface area contributed by atoms with Crippen LogP contribution in [0.15, 0.2) is 4.42 Å². The maximum Gasteiger partial charge on any atom is 0.106 e. The molecule has 0 aliphatic carbocycles. The number of rotatable bonds is 7. The monoisotopic (exact) mass is 237 g/mol. The van der Waals surface area contributed by atoms with Crippen molar-refractivity contribution in [1.29, 1.82) is 0 Å². The number of unbranched alkanes of at least 4 members (excludes halogenated alkanes) is 3. The van der Waals surface area contributed by atoms with E-state index in [2.05, 4.69) is 33.0 Å². The van der Waals surface area contributed by atoms with Crippen LogP contribution in [0.3, 0.4) is 0 Å². The molecule has 0 aliphatic heterocycles. The van der Waals surface area contributed by atoms with Gasteiger partial charge < -0.3 is 9.73 Å². The molecule has 17 heavy (non-hydrogen) atoms. The van der Waals surface area contributed by atoms with Crippen LogP contribution >= 0.6 is 0 Å². The van der Waals surface area contributed by atoms with E-state index in [9.17, 15) is 0 Å². The van der Waals surface area contributed by atoms with Gasteiger partial charge in [-0.2, -0.15) is 0 Å². The molecule has 0 radical (unpaired) electrons. The average molecular weight is 237 g/mol. The molecule has 0 bridgehead atoms. The Bertz CT molecular complexity index is 341. The summed E-state index contributed by atoms with van der Waals surface area (Å²) in [5.74, 6) is 2.14. The Kier molecular flexibility index (Phi) is 5.76. The van der Waals surface area contributed by atoms with Gasteiger partial charge in [0, 0.05) is 11.6 Å². The molecule has 1 N–H and O–H groups in total. The van der Waals surface area contributed by atoms with Crippen molar-refractivity contribution in [3.63, 3.8) is 0 Å². The van der Waals surface area contributed by atoms with E-state index in [4.69, 9.17) is 4.42 Å². The third-order valence-corrected chi connectivity index (χ3v) is 3.66. The molecule has 0 saturated carbocycles. The lowest BCUT2D eigenvalue weighted by molar-refractivity contribution is 0.472. The second-order valence-electron chi connectivity index (χ2n) is 4.94. The van der Waals surface area contributed by atoms with Crippen molar-refractivity contribution < 1.29 is 4.42 Å². The van der Waals surface area contributed by atoms with Gasteiger partial charge >= 0.3 is 0 Å². The van der Waals surface area contributed by atoms with Crippen LogP contribution in [0.4, 0.5) is 0 Å². The van der Waals surface area contributed by atoms with E-state index < -0.39 is 0 Å². The van der Waals surface area contributed by atoms with Crippen molar-refractivity contribution in [2.24, 2.45) is 0 Å². The fourth-order valence-corrected chi connectivity index (χ4v) is 2.53. The summed E-state index contributed by atoms with van der Waals surface area (Å²) in [7, 11) is 2.05. The molecule has 0 aliphatic rings.